The largest absolute Gasteiger partial charge is 0.464 e. The van der Waals surface area contributed by atoms with Gasteiger partial charge in [0.05, 0.1) is 18.6 Å². The molecule has 0 saturated carbocycles. The molecule has 1 aromatic rings. The fourth-order valence-electron chi connectivity index (χ4n) is 1.01. The minimum absolute atomic E-state index is 0.000602. The number of methoxy groups -OCH3 is 1. The monoisotopic (exact) mass is 216 g/mol. The van der Waals surface area contributed by atoms with E-state index in [4.69, 9.17) is 11.6 Å². The Kier molecular flexibility index (Phi) is 3.24. The fourth-order valence-corrected chi connectivity index (χ4v) is 1.16. The summed E-state index contributed by atoms with van der Waals surface area (Å²) in [6, 6.07) is 0. The lowest BCUT2D eigenvalue weighted by atomic mass is 10.2. The van der Waals surface area contributed by atoms with Crippen molar-refractivity contribution in [2.75, 3.05) is 13.0 Å². The Morgan fingerprint density at radius 2 is 2.29 bits per heavy atom. The van der Waals surface area contributed by atoms with E-state index in [1.165, 1.54) is 18.0 Å². The highest BCUT2D eigenvalue weighted by Gasteiger charge is 2.20. The van der Waals surface area contributed by atoms with Gasteiger partial charge in [0.25, 0.3) is 0 Å². The predicted molar refractivity (Wildman–Crippen MR) is 49.6 cm³/mol. The van der Waals surface area contributed by atoms with Crippen LogP contribution in [0.15, 0.2) is 6.20 Å². The molecule has 0 aliphatic rings. The number of carbonyl (C=O) groups is 2. The van der Waals surface area contributed by atoms with Gasteiger partial charge in [-0.05, 0) is 0 Å². The summed E-state index contributed by atoms with van der Waals surface area (Å²) in [4.78, 5) is 22.4. The standard InChI is InChI=1S/C8H9ClN2O3/c1-11-4-5(6(12)3-9)7(10-11)8(13)14-2/h4H,3H2,1-2H3. The molecule has 5 nitrogen and oxygen atoms in total. The highest BCUT2D eigenvalue weighted by Crippen LogP contribution is 2.09. The Morgan fingerprint density at radius 3 is 2.79 bits per heavy atom. The van der Waals surface area contributed by atoms with Crippen LogP contribution in [0.4, 0.5) is 0 Å². The van der Waals surface area contributed by atoms with E-state index in [0.29, 0.717) is 0 Å². The highest BCUT2D eigenvalue weighted by molar-refractivity contribution is 6.31. The molecule has 0 N–H and O–H groups in total. The van der Waals surface area contributed by atoms with Crippen LogP contribution in [0.2, 0.25) is 0 Å². The van der Waals surface area contributed by atoms with E-state index in [1.807, 2.05) is 0 Å². The third-order valence-electron chi connectivity index (χ3n) is 1.63. The van der Waals surface area contributed by atoms with Gasteiger partial charge in [0, 0.05) is 13.2 Å². The molecule has 1 heterocycles. The van der Waals surface area contributed by atoms with E-state index in [1.54, 1.807) is 7.05 Å². The first-order valence-corrected chi connectivity index (χ1v) is 4.34. The second-order valence-corrected chi connectivity index (χ2v) is 2.88. The SMILES string of the molecule is COC(=O)c1nn(C)cc1C(=O)CCl. The Hall–Kier alpha value is -1.36. The number of halogens is 1. The van der Waals surface area contributed by atoms with Crippen molar-refractivity contribution >= 4 is 23.4 Å². The number of aromatic nitrogens is 2. The molecule has 0 unspecified atom stereocenters. The summed E-state index contributed by atoms with van der Waals surface area (Å²) in [5, 5.41) is 3.81. The number of alkyl halides is 1. The molecule has 0 bridgehead atoms. The van der Waals surface area contributed by atoms with Crippen LogP contribution in [0.3, 0.4) is 0 Å². The molecule has 0 radical (unpaired) electrons. The Morgan fingerprint density at radius 1 is 1.64 bits per heavy atom. The summed E-state index contributed by atoms with van der Waals surface area (Å²) in [5.74, 6) is -1.17. The number of ether oxygens (including phenoxy) is 1. The molecule has 14 heavy (non-hydrogen) atoms. The van der Waals surface area contributed by atoms with Gasteiger partial charge in [-0.3, -0.25) is 9.48 Å². The molecule has 0 aliphatic carbocycles. The fraction of sp³-hybridized carbons (Fsp3) is 0.375. The predicted octanol–water partition coefficient (Wildman–Crippen LogP) is 0.628. The molecule has 0 atom stereocenters. The quantitative estimate of drug-likeness (QED) is 0.422. The van der Waals surface area contributed by atoms with E-state index < -0.39 is 5.97 Å². The maximum atomic E-state index is 11.3. The van der Waals surface area contributed by atoms with Crippen molar-refractivity contribution in [2.45, 2.75) is 0 Å². The Bertz CT molecular complexity index is 339. The summed E-state index contributed by atoms with van der Waals surface area (Å²) in [6.45, 7) is 0. The van der Waals surface area contributed by atoms with E-state index in [2.05, 4.69) is 9.84 Å². The minimum atomic E-state index is -0.640. The number of ketones is 1. The van der Waals surface area contributed by atoms with Crippen LogP contribution < -0.4 is 0 Å². The smallest absolute Gasteiger partial charge is 0.359 e. The van der Waals surface area contributed by atoms with Crippen molar-refractivity contribution in [3.05, 3.63) is 17.5 Å². The topological polar surface area (TPSA) is 61.2 Å². The van der Waals surface area contributed by atoms with Gasteiger partial charge in [0.2, 0.25) is 0 Å². The molecule has 1 rings (SSSR count). The number of hydrogen-bond acceptors (Lipinski definition) is 4. The van der Waals surface area contributed by atoms with E-state index in [-0.39, 0.29) is 22.9 Å². The van der Waals surface area contributed by atoms with Gasteiger partial charge < -0.3 is 4.74 Å². The molecule has 0 aromatic carbocycles. The zero-order chi connectivity index (χ0) is 10.7. The van der Waals surface area contributed by atoms with Crippen molar-refractivity contribution in [2.24, 2.45) is 7.05 Å². The number of nitrogens with zero attached hydrogens (tertiary/aromatic N) is 2. The molecule has 1 aromatic heterocycles. The second-order valence-electron chi connectivity index (χ2n) is 2.61. The highest BCUT2D eigenvalue weighted by atomic mass is 35.5. The second kappa shape index (κ2) is 4.23. The van der Waals surface area contributed by atoms with Gasteiger partial charge >= 0.3 is 5.97 Å². The summed E-state index contributed by atoms with van der Waals surface area (Å²) < 4.78 is 5.84. The number of rotatable bonds is 3. The van der Waals surface area contributed by atoms with Crippen molar-refractivity contribution in [3.8, 4) is 0 Å². The number of aryl methyl sites for hydroxylation is 1. The first-order valence-electron chi connectivity index (χ1n) is 3.81. The maximum Gasteiger partial charge on any atom is 0.359 e. The summed E-state index contributed by atoms with van der Waals surface area (Å²) >= 11 is 5.38. The van der Waals surface area contributed by atoms with Gasteiger partial charge in [-0.1, -0.05) is 0 Å². The van der Waals surface area contributed by atoms with Crippen LogP contribution >= 0.6 is 11.6 Å². The average molecular weight is 217 g/mol. The number of hydrogen-bond donors (Lipinski definition) is 0. The lowest BCUT2D eigenvalue weighted by Gasteiger charge is -1.96. The Labute approximate surface area is 85.6 Å². The van der Waals surface area contributed by atoms with Gasteiger partial charge in [-0.15, -0.1) is 11.6 Å². The van der Waals surface area contributed by atoms with Crippen LogP contribution in [-0.4, -0.2) is 34.5 Å². The molecule has 0 spiro atoms. The first kappa shape index (κ1) is 10.7. The summed E-state index contributed by atoms with van der Waals surface area (Å²) in [7, 11) is 2.84. The van der Waals surface area contributed by atoms with Crippen LogP contribution in [-0.2, 0) is 11.8 Å². The molecule has 0 fully saturated rings. The van der Waals surface area contributed by atoms with Gasteiger partial charge in [-0.25, -0.2) is 4.79 Å². The zero-order valence-electron chi connectivity index (χ0n) is 7.78. The van der Waals surface area contributed by atoms with Crippen LogP contribution in [0, 0.1) is 0 Å². The number of carbonyl (C=O) groups excluding carboxylic acids is 2. The van der Waals surface area contributed by atoms with E-state index in [9.17, 15) is 9.59 Å². The molecular formula is C8H9ClN2O3. The van der Waals surface area contributed by atoms with Crippen LogP contribution in [0.5, 0.6) is 0 Å². The van der Waals surface area contributed by atoms with E-state index in [0.717, 1.165) is 0 Å². The van der Waals surface area contributed by atoms with Crippen molar-refractivity contribution in [1.29, 1.82) is 0 Å². The van der Waals surface area contributed by atoms with Gasteiger partial charge in [0.1, 0.15) is 0 Å². The van der Waals surface area contributed by atoms with Crippen molar-refractivity contribution in [1.82, 2.24) is 9.78 Å². The minimum Gasteiger partial charge on any atom is -0.464 e. The molecule has 0 amide bonds. The molecular weight excluding hydrogens is 208 g/mol. The molecule has 6 heteroatoms. The lowest BCUT2D eigenvalue weighted by molar-refractivity contribution is 0.0590. The number of Topliss-reactive ketones (excluding diaryl/α,β-unsaturated/α-hetero) is 1. The number of esters is 1. The Balaban J connectivity index is 3.15. The first-order chi connectivity index (χ1) is 6.60. The molecule has 0 aliphatic heterocycles. The molecule has 76 valence electrons. The third-order valence-corrected chi connectivity index (χ3v) is 1.87. The average Bonchev–Trinajstić information content (AvgIpc) is 2.58. The summed E-state index contributed by atoms with van der Waals surface area (Å²) in [5.41, 5.74) is 0.190. The van der Waals surface area contributed by atoms with Crippen molar-refractivity contribution < 1.29 is 14.3 Å². The van der Waals surface area contributed by atoms with Gasteiger partial charge in [-0.2, -0.15) is 5.10 Å². The summed E-state index contributed by atoms with van der Waals surface area (Å²) in [6.07, 6.45) is 1.44. The van der Waals surface area contributed by atoms with Crippen molar-refractivity contribution in [3.63, 3.8) is 0 Å². The normalized spacial score (nSPS) is 9.93. The van der Waals surface area contributed by atoms with Gasteiger partial charge in [0.15, 0.2) is 11.5 Å². The molecule has 0 saturated heterocycles. The van der Waals surface area contributed by atoms with Crippen LogP contribution in [0.1, 0.15) is 20.8 Å². The maximum absolute atomic E-state index is 11.3. The van der Waals surface area contributed by atoms with E-state index >= 15 is 0 Å². The van der Waals surface area contributed by atoms with Crippen LogP contribution in [0.25, 0.3) is 0 Å². The zero-order valence-corrected chi connectivity index (χ0v) is 8.54. The lowest BCUT2D eigenvalue weighted by Crippen LogP contribution is -2.10. The third kappa shape index (κ3) is 1.93.